The second kappa shape index (κ2) is 3.94. The van der Waals surface area contributed by atoms with Crippen LogP contribution in [0, 0.1) is 6.92 Å². The van der Waals surface area contributed by atoms with Crippen molar-refractivity contribution in [3.05, 3.63) is 33.5 Å². The Morgan fingerprint density at radius 2 is 2.06 bits per heavy atom. The molecule has 0 bridgehead atoms. The van der Waals surface area contributed by atoms with Crippen molar-refractivity contribution in [3.63, 3.8) is 0 Å². The summed E-state index contributed by atoms with van der Waals surface area (Å²) in [4.78, 5) is 4.83. The van der Waals surface area contributed by atoms with E-state index in [0.29, 0.717) is 21.6 Å². The SMILES string of the molecule is Cc1csc(-c2nnc3cncc(Cl)n23)c1Cl. The Labute approximate surface area is 111 Å². The first kappa shape index (κ1) is 11.0. The van der Waals surface area contributed by atoms with Gasteiger partial charge in [-0.25, -0.2) is 0 Å². The molecule has 0 aromatic carbocycles. The topological polar surface area (TPSA) is 43.1 Å². The van der Waals surface area contributed by atoms with Crippen LogP contribution in [0.3, 0.4) is 0 Å². The van der Waals surface area contributed by atoms with Gasteiger partial charge in [0.2, 0.25) is 0 Å². The molecule has 3 rings (SSSR count). The normalized spacial score (nSPS) is 11.2. The van der Waals surface area contributed by atoms with Crippen LogP contribution in [0.1, 0.15) is 5.56 Å². The minimum atomic E-state index is 0.463. The van der Waals surface area contributed by atoms with Crippen LogP contribution in [0.25, 0.3) is 16.3 Å². The summed E-state index contributed by atoms with van der Waals surface area (Å²) in [5.41, 5.74) is 1.63. The molecule has 86 valence electrons. The van der Waals surface area contributed by atoms with Crippen molar-refractivity contribution in [1.29, 1.82) is 0 Å². The van der Waals surface area contributed by atoms with E-state index in [9.17, 15) is 0 Å². The summed E-state index contributed by atoms with van der Waals surface area (Å²) < 4.78 is 1.73. The fourth-order valence-corrected chi connectivity index (χ4v) is 3.02. The molecule has 0 radical (unpaired) electrons. The number of halogens is 2. The van der Waals surface area contributed by atoms with Crippen LogP contribution in [-0.4, -0.2) is 19.6 Å². The lowest BCUT2D eigenvalue weighted by molar-refractivity contribution is 1.12. The van der Waals surface area contributed by atoms with E-state index in [1.807, 2.05) is 12.3 Å². The molecule has 0 spiro atoms. The second-order valence-corrected chi connectivity index (χ2v) is 5.15. The maximum Gasteiger partial charge on any atom is 0.181 e. The first-order valence-corrected chi connectivity index (χ1v) is 6.40. The highest BCUT2D eigenvalue weighted by Crippen LogP contribution is 2.36. The van der Waals surface area contributed by atoms with Crippen LogP contribution in [0.15, 0.2) is 17.8 Å². The van der Waals surface area contributed by atoms with Gasteiger partial charge in [0.1, 0.15) is 5.15 Å². The molecule has 3 aromatic heterocycles. The molecule has 0 amide bonds. The van der Waals surface area contributed by atoms with Crippen molar-refractivity contribution in [1.82, 2.24) is 19.6 Å². The van der Waals surface area contributed by atoms with Crippen molar-refractivity contribution in [2.45, 2.75) is 6.92 Å². The smallest absolute Gasteiger partial charge is 0.181 e. The Morgan fingerprint density at radius 3 is 2.76 bits per heavy atom. The number of hydrogen-bond acceptors (Lipinski definition) is 4. The third-order valence-corrected chi connectivity index (χ3v) is 4.33. The molecule has 3 aromatic rings. The molecule has 0 fully saturated rings. The summed E-state index contributed by atoms with van der Waals surface area (Å²) in [6.07, 6.45) is 3.16. The fourth-order valence-electron chi connectivity index (χ4n) is 1.54. The Hall–Kier alpha value is -1.17. The van der Waals surface area contributed by atoms with Crippen molar-refractivity contribution in [2.24, 2.45) is 0 Å². The molecule has 0 N–H and O–H groups in total. The van der Waals surface area contributed by atoms with E-state index in [0.717, 1.165) is 10.4 Å². The standard InChI is InChI=1S/C10H6Cl2N4S/c1-5-4-17-9(8(5)12)10-15-14-7-3-13-2-6(11)16(7)10/h2-4H,1H3. The maximum atomic E-state index is 6.22. The van der Waals surface area contributed by atoms with Crippen LogP contribution in [0.5, 0.6) is 0 Å². The number of nitrogens with zero attached hydrogens (tertiary/aromatic N) is 4. The van der Waals surface area contributed by atoms with E-state index in [1.165, 1.54) is 11.3 Å². The third kappa shape index (κ3) is 1.62. The molecular formula is C10H6Cl2N4S. The lowest BCUT2D eigenvalue weighted by Crippen LogP contribution is -1.91. The van der Waals surface area contributed by atoms with Gasteiger partial charge in [-0.15, -0.1) is 21.5 Å². The summed E-state index contributed by atoms with van der Waals surface area (Å²) in [5.74, 6) is 0.649. The summed E-state index contributed by atoms with van der Waals surface area (Å²) in [7, 11) is 0. The number of aromatic nitrogens is 4. The average molecular weight is 285 g/mol. The van der Waals surface area contributed by atoms with Gasteiger partial charge in [0.25, 0.3) is 0 Å². The zero-order chi connectivity index (χ0) is 12.0. The number of rotatable bonds is 1. The quantitative estimate of drug-likeness (QED) is 0.687. The minimum absolute atomic E-state index is 0.463. The first-order valence-electron chi connectivity index (χ1n) is 4.77. The molecule has 4 nitrogen and oxygen atoms in total. The van der Waals surface area contributed by atoms with Gasteiger partial charge in [0.15, 0.2) is 11.5 Å². The van der Waals surface area contributed by atoms with E-state index >= 15 is 0 Å². The molecule has 3 heterocycles. The van der Waals surface area contributed by atoms with Gasteiger partial charge in [-0.1, -0.05) is 23.2 Å². The van der Waals surface area contributed by atoms with Crippen LogP contribution < -0.4 is 0 Å². The highest BCUT2D eigenvalue weighted by Gasteiger charge is 2.16. The molecule has 0 aliphatic carbocycles. The molecule has 0 aliphatic heterocycles. The van der Waals surface area contributed by atoms with Crippen LogP contribution in [0.4, 0.5) is 0 Å². The molecule has 17 heavy (non-hydrogen) atoms. The largest absolute Gasteiger partial charge is 0.262 e. The second-order valence-electron chi connectivity index (χ2n) is 3.51. The van der Waals surface area contributed by atoms with Crippen LogP contribution in [0.2, 0.25) is 10.2 Å². The van der Waals surface area contributed by atoms with Gasteiger partial charge in [0.05, 0.1) is 22.3 Å². The number of thiophene rings is 1. The van der Waals surface area contributed by atoms with Gasteiger partial charge in [-0.3, -0.25) is 9.38 Å². The predicted octanol–water partition coefficient (Wildman–Crippen LogP) is 3.47. The molecule has 7 heteroatoms. The van der Waals surface area contributed by atoms with Gasteiger partial charge >= 0.3 is 0 Å². The fraction of sp³-hybridized carbons (Fsp3) is 0.100. The van der Waals surface area contributed by atoms with Gasteiger partial charge in [-0.2, -0.15) is 0 Å². The number of fused-ring (bicyclic) bond motifs is 1. The first-order chi connectivity index (χ1) is 8.18. The van der Waals surface area contributed by atoms with E-state index in [4.69, 9.17) is 23.2 Å². The lowest BCUT2D eigenvalue weighted by atomic mass is 10.3. The summed E-state index contributed by atoms with van der Waals surface area (Å²) >= 11 is 13.8. The van der Waals surface area contributed by atoms with Gasteiger partial charge in [0, 0.05) is 0 Å². The summed E-state index contributed by atoms with van der Waals surface area (Å²) in [6, 6.07) is 0. The zero-order valence-electron chi connectivity index (χ0n) is 8.69. The molecule has 0 saturated carbocycles. The highest BCUT2D eigenvalue weighted by atomic mass is 35.5. The monoisotopic (exact) mass is 284 g/mol. The summed E-state index contributed by atoms with van der Waals surface area (Å²) in [5, 5.41) is 11.3. The maximum absolute atomic E-state index is 6.22. The Balaban J connectivity index is 2.35. The van der Waals surface area contributed by atoms with Gasteiger partial charge < -0.3 is 0 Å². The zero-order valence-corrected chi connectivity index (χ0v) is 11.0. The highest BCUT2D eigenvalue weighted by molar-refractivity contribution is 7.14. The Bertz CT molecular complexity index is 703. The van der Waals surface area contributed by atoms with Crippen molar-refractivity contribution >= 4 is 40.2 Å². The molecule has 0 unspecified atom stereocenters. The Kier molecular flexibility index (Phi) is 2.54. The lowest BCUT2D eigenvalue weighted by Gasteiger charge is -1.99. The molecular weight excluding hydrogens is 279 g/mol. The molecule has 0 atom stereocenters. The van der Waals surface area contributed by atoms with E-state index in [-0.39, 0.29) is 0 Å². The van der Waals surface area contributed by atoms with Crippen molar-refractivity contribution in [2.75, 3.05) is 0 Å². The predicted molar refractivity (Wildman–Crippen MR) is 68.9 cm³/mol. The van der Waals surface area contributed by atoms with E-state index in [1.54, 1.807) is 16.8 Å². The van der Waals surface area contributed by atoms with E-state index in [2.05, 4.69) is 15.2 Å². The van der Waals surface area contributed by atoms with Crippen LogP contribution >= 0.6 is 34.5 Å². The molecule has 0 saturated heterocycles. The third-order valence-electron chi connectivity index (χ3n) is 2.37. The van der Waals surface area contributed by atoms with Crippen LogP contribution in [-0.2, 0) is 0 Å². The minimum Gasteiger partial charge on any atom is -0.262 e. The average Bonchev–Trinajstić information content (AvgIpc) is 2.86. The number of aryl methyl sites for hydroxylation is 1. The van der Waals surface area contributed by atoms with E-state index < -0.39 is 0 Å². The van der Waals surface area contributed by atoms with Crippen molar-refractivity contribution in [3.8, 4) is 10.7 Å². The number of hydrogen-bond donors (Lipinski definition) is 0. The molecule has 0 aliphatic rings. The van der Waals surface area contributed by atoms with Crippen molar-refractivity contribution < 1.29 is 0 Å². The summed E-state index contributed by atoms with van der Waals surface area (Å²) in [6.45, 7) is 1.95. The Morgan fingerprint density at radius 1 is 1.24 bits per heavy atom. The van der Waals surface area contributed by atoms with Gasteiger partial charge in [-0.05, 0) is 17.9 Å².